The second-order valence-electron chi connectivity index (χ2n) is 17.6. The van der Waals surface area contributed by atoms with Gasteiger partial charge >= 0.3 is 5.97 Å². The number of alkyl halides is 2. The number of halogens is 2. The van der Waals surface area contributed by atoms with Gasteiger partial charge in [0, 0.05) is 65.7 Å². The van der Waals surface area contributed by atoms with Gasteiger partial charge in [0.15, 0.2) is 5.60 Å². The topological polar surface area (TPSA) is 264 Å². The van der Waals surface area contributed by atoms with Gasteiger partial charge in [-0.15, -0.1) is 0 Å². The van der Waals surface area contributed by atoms with Crippen molar-refractivity contribution in [2.24, 2.45) is 0 Å². The Bertz CT molecular complexity index is 2920. The maximum atomic E-state index is 16.1. The van der Waals surface area contributed by atoms with Gasteiger partial charge in [-0.1, -0.05) is 50.1 Å². The molecule has 6 N–H and O–H groups in total. The van der Waals surface area contributed by atoms with Crippen LogP contribution in [-0.2, 0) is 80.6 Å². The lowest BCUT2D eigenvalue weighted by atomic mass is 9.83. The van der Waals surface area contributed by atoms with Crippen molar-refractivity contribution in [2.75, 3.05) is 31.5 Å². The Hall–Kier alpha value is -7.68. The van der Waals surface area contributed by atoms with E-state index in [1.54, 1.807) is 37.3 Å². The van der Waals surface area contributed by atoms with E-state index in [2.05, 4.69) is 26.6 Å². The maximum Gasteiger partial charge on any atom is 0.343 e. The lowest BCUT2D eigenvalue weighted by molar-refractivity contribution is -0.172. The third-order valence-corrected chi connectivity index (χ3v) is 13.0. The van der Waals surface area contributed by atoms with Gasteiger partial charge in [-0.25, -0.2) is 18.6 Å². The van der Waals surface area contributed by atoms with Crippen LogP contribution in [0, 0.1) is 0 Å². The molecule has 0 radical (unpaired) electrons. The standard InChI is InChI=1S/C49H50F2N8O11/c1-2-48(69)31-21-35-44-29(25-59(35)46(67)30(31)26-70-47(48)68)43-42-28(17-18-49(43,50)51)32(13-14-33(42)57-44)55-39(63)24-54-45(66)34(20-27-10-6-5-7-11-27)56-38(62)23-53-37(61)22-52-36(60)12-8-3-4-9-19-58-40(64)15-16-41(58)65/h5-7,10-11,13-16,21,34,69H,2-4,8-9,12,17-20,22-26H2,1H3,(H,52,60)(H,53,61)(H,54,66)(H,55,63)(H,56,62)/t34-,48-/m0/s1. The smallest absolute Gasteiger partial charge is 0.343 e. The fourth-order valence-corrected chi connectivity index (χ4v) is 9.29. The van der Waals surface area contributed by atoms with Crippen molar-refractivity contribution < 1.29 is 57.0 Å². The summed E-state index contributed by atoms with van der Waals surface area (Å²) in [6, 6.07) is 12.0. The molecule has 0 spiro atoms. The SMILES string of the molecule is CC[C@@]1(O)C(=O)OCc2c1cc1n(c2=O)Cc2c-1nc1ccc(NC(=O)CNC(=O)[C@H](Cc3ccccc3)NC(=O)CNC(=O)CNC(=O)CCCCCCN3C(=O)C=CC3=O)c3c1c2C(F)(F)CC3. The number of nitrogens with zero attached hydrogens (tertiary/aromatic N) is 3. The van der Waals surface area contributed by atoms with Crippen LogP contribution in [0.3, 0.4) is 0 Å². The summed E-state index contributed by atoms with van der Waals surface area (Å²) in [6.07, 6.45) is 4.23. The Labute approximate surface area is 398 Å². The number of cyclic esters (lactones) is 1. The molecule has 4 aliphatic rings. The molecule has 2 aromatic heterocycles. The number of pyridine rings is 2. The Morgan fingerprint density at radius 1 is 0.829 bits per heavy atom. The van der Waals surface area contributed by atoms with E-state index in [9.17, 15) is 48.3 Å². The number of carbonyl (C=O) groups is 8. The number of carbonyl (C=O) groups excluding carboxylic acids is 8. The number of hydrogen-bond donors (Lipinski definition) is 6. The lowest BCUT2D eigenvalue weighted by Gasteiger charge is -2.31. The minimum absolute atomic E-state index is 0.0167. The van der Waals surface area contributed by atoms with Crippen LogP contribution in [0.4, 0.5) is 14.5 Å². The predicted molar refractivity (Wildman–Crippen MR) is 245 cm³/mol. The van der Waals surface area contributed by atoms with Gasteiger partial charge in [-0.05, 0) is 55.0 Å². The van der Waals surface area contributed by atoms with E-state index in [1.165, 1.54) is 34.9 Å². The minimum atomic E-state index is -3.36. The number of esters is 1. The largest absolute Gasteiger partial charge is 0.458 e. The van der Waals surface area contributed by atoms with Crippen molar-refractivity contribution in [3.8, 4) is 11.4 Å². The maximum absolute atomic E-state index is 16.1. The molecule has 0 saturated carbocycles. The number of aryl methyl sites for hydroxylation is 1. The Morgan fingerprint density at radius 2 is 1.53 bits per heavy atom. The van der Waals surface area contributed by atoms with E-state index in [1.807, 2.05) is 0 Å². The zero-order chi connectivity index (χ0) is 49.9. The van der Waals surface area contributed by atoms with Gasteiger partial charge < -0.3 is 41.0 Å². The quantitative estimate of drug-likeness (QED) is 0.0395. The highest BCUT2D eigenvalue weighted by atomic mass is 19.3. The highest BCUT2D eigenvalue weighted by Crippen LogP contribution is 2.50. The summed E-state index contributed by atoms with van der Waals surface area (Å²) >= 11 is 0. The molecule has 4 aromatic rings. The number of fused-ring (bicyclic) bond motifs is 5. The third kappa shape index (κ3) is 9.91. The van der Waals surface area contributed by atoms with E-state index >= 15 is 8.78 Å². The average molecular weight is 965 g/mol. The number of imide groups is 1. The van der Waals surface area contributed by atoms with Gasteiger partial charge in [0.05, 0.1) is 48.6 Å². The molecule has 0 unspecified atom stereocenters. The first-order valence-electron chi connectivity index (χ1n) is 23.0. The molecule has 2 atom stereocenters. The molecule has 3 aliphatic heterocycles. The van der Waals surface area contributed by atoms with Crippen LogP contribution in [0.25, 0.3) is 22.3 Å². The molecule has 70 heavy (non-hydrogen) atoms. The van der Waals surface area contributed by atoms with Gasteiger partial charge in [0.1, 0.15) is 12.6 Å². The van der Waals surface area contributed by atoms with Gasteiger partial charge in [-0.2, -0.15) is 0 Å². The normalized spacial score (nSPS) is 17.5. The molecule has 19 nitrogen and oxygen atoms in total. The van der Waals surface area contributed by atoms with Crippen molar-refractivity contribution in [3.63, 3.8) is 0 Å². The van der Waals surface area contributed by atoms with Crippen molar-refractivity contribution >= 4 is 63.9 Å². The monoisotopic (exact) mass is 964 g/mol. The number of aromatic nitrogens is 2. The first-order valence-corrected chi connectivity index (χ1v) is 23.0. The predicted octanol–water partition coefficient (Wildman–Crippen LogP) is 2.01. The van der Waals surface area contributed by atoms with Crippen LogP contribution in [0.2, 0.25) is 0 Å². The first kappa shape index (κ1) is 48.8. The summed E-state index contributed by atoms with van der Waals surface area (Å²) in [5.41, 5.74) is -1.14. The molecule has 1 aliphatic carbocycles. The molecule has 0 saturated heterocycles. The number of rotatable bonds is 19. The Morgan fingerprint density at radius 3 is 2.27 bits per heavy atom. The van der Waals surface area contributed by atoms with Crippen molar-refractivity contribution in [1.82, 2.24) is 35.7 Å². The fourth-order valence-electron chi connectivity index (χ4n) is 9.29. The molecule has 0 fully saturated rings. The summed E-state index contributed by atoms with van der Waals surface area (Å²) in [4.78, 5) is 120. The minimum Gasteiger partial charge on any atom is -0.458 e. The number of benzene rings is 2. The highest BCUT2D eigenvalue weighted by Gasteiger charge is 2.47. The molecule has 5 heterocycles. The molecule has 8 rings (SSSR count). The van der Waals surface area contributed by atoms with Crippen LogP contribution >= 0.6 is 0 Å². The van der Waals surface area contributed by atoms with Gasteiger partial charge in [0.25, 0.3) is 23.3 Å². The summed E-state index contributed by atoms with van der Waals surface area (Å²) in [7, 11) is 0. The van der Waals surface area contributed by atoms with E-state index in [0.717, 1.165) is 4.90 Å². The number of unbranched alkanes of at least 4 members (excludes halogenated alkanes) is 3. The van der Waals surface area contributed by atoms with E-state index in [4.69, 9.17) is 9.72 Å². The zero-order valence-electron chi connectivity index (χ0n) is 38.1. The van der Waals surface area contributed by atoms with Gasteiger partial charge in [-0.3, -0.25) is 43.3 Å². The van der Waals surface area contributed by atoms with Crippen LogP contribution < -0.4 is 32.1 Å². The second-order valence-corrected chi connectivity index (χ2v) is 17.6. The van der Waals surface area contributed by atoms with Crippen LogP contribution in [0.5, 0.6) is 0 Å². The molecular formula is C49H50F2N8O11. The average Bonchev–Trinajstić information content (AvgIpc) is 3.87. The number of anilines is 1. The molecule has 2 aromatic carbocycles. The molecule has 21 heteroatoms. The summed E-state index contributed by atoms with van der Waals surface area (Å²) in [5, 5.41) is 24.1. The van der Waals surface area contributed by atoms with Crippen LogP contribution in [0.1, 0.15) is 85.3 Å². The van der Waals surface area contributed by atoms with Crippen molar-refractivity contribution in [1.29, 1.82) is 0 Å². The zero-order valence-corrected chi connectivity index (χ0v) is 38.1. The summed E-state index contributed by atoms with van der Waals surface area (Å²) in [6.45, 7) is -0.282. The Kier molecular flexibility index (Phi) is 14.0. The Balaban J connectivity index is 0.870. The van der Waals surface area contributed by atoms with Gasteiger partial charge in [0.2, 0.25) is 29.5 Å². The fraction of sp³-hybridized carbons (Fsp3) is 0.388. The van der Waals surface area contributed by atoms with E-state index in [-0.39, 0.29) is 107 Å². The number of ether oxygens (including phenoxy) is 1. The van der Waals surface area contributed by atoms with Crippen LogP contribution in [-0.4, -0.2) is 99.1 Å². The molecule has 7 amide bonds. The molecule has 366 valence electrons. The molecule has 0 bridgehead atoms. The first-order chi connectivity index (χ1) is 33.5. The van der Waals surface area contributed by atoms with E-state index < -0.39 is 78.8 Å². The van der Waals surface area contributed by atoms with Crippen molar-refractivity contribution in [2.45, 2.75) is 95.4 Å². The van der Waals surface area contributed by atoms with E-state index in [0.29, 0.717) is 43.4 Å². The third-order valence-electron chi connectivity index (χ3n) is 13.0. The lowest BCUT2D eigenvalue weighted by Crippen LogP contribution is -2.52. The number of aliphatic hydroxyl groups is 1. The number of amides is 7. The molecular weight excluding hydrogens is 915 g/mol. The second kappa shape index (κ2) is 20.1. The van der Waals surface area contributed by atoms with Crippen LogP contribution in [0.15, 0.2) is 65.5 Å². The highest BCUT2D eigenvalue weighted by molar-refractivity contribution is 6.12. The summed E-state index contributed by atoms with van der Waals surface area (Å²) < 4.78 is 38.7. The van der Waals surface area contributed by atoms with Crippen molar-refractivity contribution in [3.05, 3.63) is 104 Å². The number of hydrogen-bond acceptors (Lipinski definition) is 12. The number of nitrogens with one attached hydrogen (secondary N) is 5. The summed E-state index contributed by atoms with van der Waals surface area (Å²) in [5.74, 6) is -8.15.